The van der Waals surface area contributed by atoms with Crippen molar-refractivity contribution in [1.82, 2.24) is 9.88 Å². The Morgan fingerprint density at radius 1 is 1.03 bits per heavy atom. The van der Waals surface area contributed by atoms with Crippen molar-refractivity contribution in [3.05, 3.63) is 77.7 Å². The van der Waals surface area contributed by atoms with Gasteiger partial charge in [-0.05, 0) is 52.4 Å². The summed E-state index contributed by atoms with van der Waals surface area (Å²) in [6.45, 7) is 6.24. The molecule has 0 aliphatic carbocycles. The molecule has 5 nitrogen and oxygen atoms in total. The largest absolute Gasteiger partial charge is 0.493 e. The fraction of sp³-hybridized carbons (Fsp3) is 0.321. The lowest BCUT2D eigenvalue weighted by Gasteiger charge is -2.39. The van der Waals surface area contributed by atoms with Gasteiger partial charge in [0.15, 0.2) is 11.5 Å². The average molecular weight is 443 g/mol. The predicted molar refractivity (Wildman–Crippen MR) is 131 cm³/mol. The minimum Gasteiger partial charge on any atom is -0.493 e. The maximum Gasteiger partial charge on any atom is 0.226 e. The number of fused-ring (bicyclic) bond motifs is 2. The summed E-state index contributed by atoms with van der Waals surface area (Å²) in [6, 6.07) is 19.1. The highest BCUT2D eigenvalue weighted by Crippen LogP contribution is 2.41. The lowest BCUT2D eigenvalue weighted by Crippen LogP contribution is -2.37. The number of hydrogen-bond acceptors (Lipinski definition) is 5. The topological polar surface area (TPSA) is 47.7 Å². The second-order valence-electron chi connectivity index (χ2n) is 8.99. The van der Waals surface area contributed by atoms with Gasteiger partial charge in [-0.1, -0.05) is 50.2 Å². The van der Waals surface area contributed by atoms with E-state index in [2.05, 4.69) is 73.3 Å². The van der Waals surface area contributed by atoms with Crippen molar-refractivity contribution in [2.24, 2.45) is 5.92 Å². The van der Waals surface area contributed by atoms with Gasteiger partial charge >= 0.3 is 0 Å². The first-order valence-corrected chi connectivity index (χ1v) is 11.5. The van der Waals surface area contributed by atoms with E-state index in [1.807, 2.05) is 0 Å². The van der Waals surface area contributed by atoms with Crippen molar-refractivity contribution in [2.75, 3.05) is 20.8 Å². The zero-order valence-corrected chi connectivity index (χ0v) is 19.7. The van der Waals surface area contributed by atoms with Gasteiger partial charge in [-0.2, -0.15) is 0 Å². The van der Waals surface area contributed by atoms with E-state index in [0.717, 1.165) is 47.7 Å². The third-order valence-electron chi connectivity index (χ3n) is 6.59. The van der Waals surface area contributed by atoms with Gasteiger partial charge in [0.05, 0.1) is 19.9 Å². The second-order valence-corrected chi connectivity index (χ2v) is 8.99. The molecular formula is C28H30N2O3. The Bertz CT molecular complexity index is 1270. The van der Waals surface area contributed by atoms with Crippen LogP contribution in [0.1, 0.15) is 36.7 Å². The highest BCUT2D eigenvalue weighted by molar-refractivity contribution is 5.94. The SMILES string of the molecule is COc1cc2c(cc1OC)C(C(C)C)N(Cc1coc(-c3cccc4ccccc34)n1)CC2. The van der Waals surface area contributed by atoms with Gasteiger partial charge in [0.2, 0.25) is 5.89 Å². The highest BCUT2D eigenvalue weighted by atomic mass is 16.5. The molecule has 1 unspecified atom stereocenters. The average Bonchev–Trinajstić information content (AvgIpc) is 3.30. The minimum absolute atomic E-state index is 0.270. The van der Waals surface area contributed by atoms with Gasteiger partial charge in [-0.3, -0.25) is 4.90 Å². The Hall–Kier alpha value is -3.31. The molecule has 5 rings (SSSR count). The fourth-order valence-electron chi connectivity index (χ4n) is 5.11. The van der Waals surface area contributed by atoms with Crippen LogP contribution in [0.15, 0.2) is 65.3 Å². The van der Waals surface area contributed by atoms with Crippen molar-refractivity contribution in [3.63, 3.8) is 0 Å². The summed E-state index contributed by atoms with van der Waals surface area (Å²) in [5.74, 6) is 2.69. The molecule has 1 aromatic heterocycles. The summed E-state index contributed by atoms with van der Waals surface area (Å²) in [5, 5.41) is 2.34. The third-order valence-corrected chi connectivity index (χ3v) is 6.59. The second kappa shape index (κ2) is 8.91. The maximum atomic E-state index is 5.96. The molecule has 0 bridgehead atoms. The van der Waals surface area contributed by atoms with Crippen LogP contribution in [0.2, 0.25) is 0 Å². The molecule has 1 aliphatic rings. The van der Waals surface area contributed by atoms with E-state index in [4.69, 9.17) is 18.9 Å². The molecule has 5 heteroatoms. The summed E-state index contributed by atoms with van der Waals surface area (Å²) in [4.78, 5) is 7.39. The summed E-state index contributed by atoms with van der Waals surface area (Å²) in [5.41, 5.74) is 4.62. The monoisotopic (exact) mass is 442 g/mol. The van der Waals surface area contributed by atoms with Gasteiger partial charge in [-0.15, -0.1) is 0 Å². The van der Waals surface area contributed by atoms with Gasteiger partial charge in [0, 0.05) is 24.7 Å². The quantitative estimate of drug-likeness (QED) is 0.352. The summed E-state index contributed by atoms with van der Waals surface area (Å²) < 4.78 is 17.1. The number of aromatic nitrogens is 1. The fourth-order valence-corrected chi connectivity index (χ4v) is 5.11. The lowest BCUT2D eigenvalue weighted by molar-refractivity contribution is 0.133. The number of rotatable bonds is 6. The first kappa shape index (κ1) is 21.5. The molecule has 0 saturated heterocycles. The Kier molecular flexibility index (Phi) is 5.81. The molecule has 33 heavy (non-hydrogen) atoms. The summed E-state index contributed by atoms with van der Waals surface area (Å²) >= 11 is 0. The molecule has 1 aliphatic heterocycles. The minimum atomic E-state index is 0.270. The highest BCUT2D eigenvalue weighted by Gasteiger charge is 2.31. The van der Waals surface area contributed by atoms with Crippen LogP contribution in [0.3, 0.4) is 0 Å². The van der Waals surface area contributed by atoms with Crippen LogP contribution in [-0.4, -0.2) is 30.6 Å². The molecule has 2 heterocycles. The van der Waals surface area contributed by atoms with E-state index in [0.29, 0.717) is 11.8 Å². The molecule has 0 saturated carbocycles. The van der Waals surface area contributed by atoms with Gasteiger partial charge in [-0.25, -0.2) is 4.98 Å². The van der Waals surface area contributed by atoms with Crippen LogP contribution in [0.5, 0.6) is 11.5 Å². The van der Waals surface area contributed by atoms with Crippen molar-refractivity contribution in [2.45, 2.75) is 32.9 Å². The van der Waals surface area contributed by atoms with E-state index in [1.165, 1.54) is 16.5 Å². The lowest BCUT2D eigenvalue weighted by atomic mass is 9.85. The summed E-state index contributed by atoms with van der Waals surface area (Å²) in [7, 11) is 3.39. The Labute approximate surface area is 195 Å². The van der Waals surface area contributed by atoms with E-state index >= 15 is 0 Å². The molecule has 170 valence electrons. The molecule has 0 N–H and O–H groups in total. The zero-order valence-electron chi connectivity index (χ0n) is 19.7. The van der Waals surface area contributed by atoms with E-state index < -0.39 is 0 Å². The number of oxazole rings is 1. The summed E-state index contributed by atoms with van der Waals surface area (Å²) in [6.07, 6.45) is 2.77. The van der Waals surface area contributed by atoms with E-state index in [1.54, 1.807) is 20.5 Å². The van der Waals surface area contributed by atoms with Crippen molar-refractivity contribution < 1.29 is 13.9 Å². The van der Waals surface area contributed by atoms with Crippen LogP contribution >= 0.6 is 0 Å². The van der Waals surface area contributed by atoms with E-state index in [9.17, 15) is 0 Å². The molecule has 0 radical (unpaired) electrons. The van der Waals surface area contributed by atoms with Crippen LogP contribution in [-0.2, 0) is 13.0 Å². The van der Waals surface area contributed by atoms with Crippen LogP contribution < -0.4 is 9.47 Å². The number of methoxy groups -OCH3 is 2. The Balaban J connectivity index is 1.45. The number of benzene rings is 3. The van der Waals surface area contributed by atoms with Gasteiger partial charge < -0.3 is 13.9 Å². The molecule has 0 fully saturated rings. The van der Waals surface area contributed by atoms with Gasteiger partial charge in [0.1, 0.15) is 6.26 Å². The van der Waals surface area contributed by atoms with Crippen LogP contribution in [0, 0.1) is 5.92 Å². The van der Waals surface area contributed by atoms with Crippen molar-refractivity contribution in [1.29, 1.82) is 0 Å². The normalized spacial score (nSPS) is 16.2. The van der Waals surface area contributed by atoms with Crippen molar-refractivity contribution >= 4 is 10.8 Å². The molecule has 0 amide bonds. The first-order chi connectivity index (χ1) is 16.1. The predicted octanol–water partition coefficient (Wildman–Crippen LogP) is 6.27. The molecule has 1 atom stereocenters. The van der Waals surface area contributed by atoms with E-state index in [-0.39, 0.29) is 6.04 Å². The standard InChI is InChI=1S/C28H30N2O3/c1-18(2)27-24-15-26(32-4)25(31-3)14-20(24)12-13-30(27)16-21-17-33-28(29-21)23-11-7-9-19-8-5-6-10-22(19)23/h5-11,14-15,17-18,27H,12-13,16H2,1-4H3. The third kappa shape index (κ3) is 3.98. The number of nitrogens with zero attached hydrogens (tertiary/aromatic N) is 2. The first-order valence-electron chi connectivity index (χ1n) is 11.5. The molecule has 4 aromatic rings. The van der Waals surface area contributed by atoms with Crippen LogP contribution in [0.4, 0.5) is 0 Å². The Morgan fingerprint density at radius 2 is 1.79 bits per heavy atom. The van der Waals surface area contributed by atoms with Gasteiger partial charge in [0.25, 0.3) is 0 Å². The molecular weight excluding hydrogens is 412 g/mol. The molecule has 3 aromatic carbocycles. The molecule has 0 spiro atoms. The zero-order chi connectivity index (χ0) is 22.9. The number of ether oxygens (including phenoxy) is 2. The Morgan fingerprint density at radius 3 is 2.58 bits per heavy atom. The maximum absolute atomic E-state index is 5.96. The number of hydrogen-bond donors (Lipinski definition) is 0. The van der Waals surface area contributed by atoms with Crippen LogP contribution in [0.25, 0.3) is 22.2 Å². The van der Waals surface area contributed by atoms with Crippen molar-refractivity contribution in [3.8, 4) is 23.0 Å². The smallest absolute Gasteiger partial charge is 0.226 e.